The Bertz CT molecular complexity index is 653. The number of hydrogen-bond acceptors (Lipinski definition) is 5. The van der Waals surface area contributed by atoms with Gasteiger partial charge in [0.2, 0.25) is 0 Å². The molecule has 0 atom stereocenters. The lowest BCUT2D eigenvalue weighted by molar-refractivity contribution is -0.0980. The van der Waals surface area contributed by atoms with Crippen molar-refractivity contribution in [1.29, 1.82) is 0 Å². The molecule has 5 nitrogen and oxygen atoms in total. The van der Waals surface area contributed by atoms with E-state index in [1.165, 1.54) is 22.9 Å². The number of nitrogens with one attached hydrogen (secondary N) is 1. The standard InChI is InChI=1S/C19H27NO.C4H9NOS.CH2O/c1-5-8-19(12-9-16(4)6-2)21-14-13-18-11-10-17(7-3)15-20-18;1-3-7-4(6)5-2;1-2/h5,8-12,15H,6-7,13-14H2,1-4H3;3H2,1-2H3,(H,5,6);1H2/b8-5-,16-9+,19-12+;;. The molecule has 0 aliphatic rings. The number of amides is 1. The Morgan fingerprint density at radius 1 is 1.23 bits per heavy atom. The van der Waals surface area contributed by atoms with E-state index in [-0.39, 0.29) is 5.24 Å². The van der Waals surface area contributed by atoms with Gasteiger partial charge in [-0.15, -0.1) is 0 Å². The smallest absolute Gasteiger partial charge is 0.278 e. The van der Waals surface area contributed by atoms with Crippen LogP contribution < -0.4 is 5.32 Å². The van der Waals surface area contributed by atoms with Gasteiger partial charge in [-0.05, 0) is 56.2 Å². The second-order valence-corrected chi connectivity index (χ2v) is 7.25. The Kier molecular flexibility index (Phi) is 21.3. The van der Waals surface area contributed by atoms with E-state index < -0.39 is 0 Å². The minimum absolute atomic E-state index is 0.0440. The third-order valence-electron chi connectivity index (χ3n) is 3.82. The van der Waals surface area contributed by atoms with Crippen molar-refractivity contribution in [3.8, 4) is 0 Å². The molecule has 0 unspecified atom stereocenters. The summed E-state index contributed by atoms with van der Waals surface area (Å²) in [5, 5.41) is 2.53. The van der Waals surface area contributed by atoms with Crippen molar-refractivity contribution in [1.82, 2.24) is 10.3 Å². The van der Waals surface area contributed by atoms with Gasteiger partial charge in [0.25, 0.3) is 5.24 Å². The fourth-order valence-corrected chi connectivity index (χ4v) is 2.35. The summed E-state index contributed by atoms with van der Waals surface area (Å²) in [6, 6.07) is 4.22. The number of carbonyl (C=O) groups is 2. The van der Waals surface area contributed by atoms with Gasteiger partial charge in [0.05, 0.1) is 6.61 Å². The number of nitrogens with zero attached hydrogens (tertiary/aromatic N) is 1. The van der Waals surface area contributed by atoms with E-state index in [1.807, 2.05) is 45.1 Å². The van der Waals surface area contributed by atoms with Gasteiger partial charge in [-0.1, -0.05) is 56.3 Å². The summed E-state index contributed by atoms with van der Waals surface area (Å²) in [5.41, 5.74) is 3.69. The molecule has 1 heterocycles. The van der Waals surface area contributed by atoms with Crippen LogP contribution in [0.3, 0.4) is 0 Å². The number of allylic oxidation sites excluding steroid dienone is 5. The van der Waals surface area contributed by atoms with E-state index in [2.05, 4.69) is 49.3 Å². The molecule has 168 valence electrons. The molecule has 0 aliphatic heterocycles. The highest BCUT2D eigenvalue weighted by atomic mass is 32.2. The Labute approximate surface area is 187 Å². The lowest BCUT2D eigenvalue weighted by Crippen LogP contribution is -2.10. The van der Waals surface area contributed by atoms with Gasteiger partial charge in [-0.25, -0.2) is 0 Å². The van der Waals surface area contributed by atoms with Crippen molar-refractivity contribution < 1.29 is 14.3 Å². The first-order chi connectivity index (χ1) is 14.5. The summed E-state index contributed by atoms with van der Waals surface area (Å²) in [6.45, 7) is 13.0. The van der Waals surface area contributed by atoms with Crippen molar-refractivity contribution in [3.05, 3.63) is 65.2 Å². The molecule has 0 aromatic carbocycles. The van der Waals surface area contributed by atoms with Crippen LogP contribution in [0.25, 0.3) is 0 Å². The average Bonchev–Trinajstić information content (AvgIpc) is 2.79. The molecule has 1 aromatic heterocycles. The van der Waals surface area contributed by atoms with Crippen LogP contribution in [0.4, 0.5) is 4.79 Å². The first kappa shape index (κ1) is 29.9. The maximum absolute atomic E-state index is 10.3. The molecular formula is C24H38N2O3S. The molecule has 0 radical (unpaired) electrons. The maximum atomic E-state index is 10.3. The highest BCUT2D eigenvalue weighted by Gasteiger charge is 1.98. The van der Waals surface area contributed by atoms with Gasteiger partial charge < -0.3 is 14.8 Å². The molecule has 0 fully saturated rings. The normalized spacial score (nSPS) is 11.1. The number of thioether (sulfide) groups is 1. The lowest BCUT2D eigenvalue weighted by Gasteiger charge is -2.07. The quantitative estimate of drug-likeness (QED) is 0.386. The fraction of sp³-hybridized carbons (Fsp3) is 0.458. The van der Waals surface area contributed by atoms with Crippen LogP contribution in [0.2, 0.25) is 0 Å². The molecule has 0 bridgehead atoms. The van der Waals surface area contributed by atoms with E-state index in [0.29, 0.717) is 6.61 Å². The molecule has 0 aliphatic carbocycles. The minimum atomic E-state index is 0.0440. The zero-order chi connectivity index (χ0) is 23.2. The number of rotatable bonds is 9. The molecule has 1 amide bonds. The van der Waals surface area contributed by atoms with Gasteiger partial charge >= 0.3 is 0 Å². The summed E-state index contributed by atoms with van der Waals surface area (Å²) < 4.78 is 5.83. The van der Waals surface area contributed by atoms with Crippen molar-refractivity contribution in [3.63, 3.8) is 0 Å². The summed E-state index contributed by atoms with van der Waals surface area (Å²) in [6.07, 6.45) is 13.0. The Balaban J connectivity index is 0. The monoisotopic (exact) mass is 434 g/mol. The molecule has 0 saturated carbocycles. The molecule has 1 aromatic rings. The van der Waals surface area contributed by atoms with Crippen molar-refractivity contribution >= 4 is 23.8 Å². The largest absolute Gasteiger partial charge is 0.493 e. The highest BCUT2D eigenvalue weighted by molar-refractivity contribution is 8.13. The van der Waals surface area contributed by atoms with Gasteiger partial charge in [0, 0.05) is 25.4 Å². The number of ether oxygens (including phenoxy) is 1. The van der Waals surface area contributed by atoms with Crippen LogP contribution in [-0.4, -0.2) is 36.4 Å². The van der Waals surface area contributed by atoms with E-state index in [0.717, 1.165) is 36.5 Å². The predicted molar refractivity (Wildman–Crippen MR) is 130 cm³/mol. The van der Waals surface area contributed by atoms with Gasteiger partial charge in [0.15, 0.2) is 0 Å². The molecule has 6 heteroatoms. The summed E-state index contributed by atoms with van der Waals surface area (Å²) in [5.74, 6) is 1.75. The zero-order valence-electron chi connectivity index (χ0n) is 19.4. The number of carbonyl (C=O) groups excluding carboxylic acids is 2. The highest BCUT2D eigenvalue weighted by Crippen LogP contribution is 2.07. The van der Waals surface area contributed by atoms with Gasteiger partial charge in [-0.2, -0.15) is 0 Å². The second kappa shape index (κ2) is 21.4. The summed E-state index contributed by atoms with van der Waals surface area (Å²) in [4.78, 5) is 22.7. The third-order valence-corrected chi connectivity index (χ3v) is 4.58. The minimum Gasteiger partial charge on any atom is -0.493 e. The predicted octanol–water partition coefficient (Wildman–Crippen LogP) is 5.91. The first-order valence-corrected chi connectivity index (χ1v) is 11.2. The SMILES string of the molecule is C=O.CCSC(=O)NC.C\C=C/C(=C\C=C(/C)CC)OCCc1ccc(CC)cn1. The molecule has 0 saturated heterocycles. The van der Waals surface area contributed by atoms with Crippen LogP contribution in [0.1, 0.15) is 52.3 Å². The van der Waals surface area contributed by atoms with E-state index >= 15 is 0 Å². The van der Waals surface area contributed by atoms with Crippen LogP contribution >= 0.6 is 11.8 Å². The van der Waals surface area contributed by atoms with Crippen LogP contribution in [0.15, 0.2) is 54.0 Å². The molecule has 1 N–H and O–H groups in total. The van der Waals surface area contributed by atoms with Gasteiger partial charge in [0.1, 0.15) is 12.5 Å². The Hall–Kier alpha value is -2.34. The lowest BCUT2D eigenvalue weighted by atomic mass is 10.2. The van der Waals surface area contributed by atoms with E-state index in [9.17, 15) is 4.79 Å². The number of pyridine rings is 1. The molecular weight excluding hydrogens is 396 g/mol. The van der Waals surface area contributed by atoms with Crippen molar-refractivity contribution in [2.75, 3.05) is 19.4 Å². The van der Waals surface area contributed by atoms with E-state index in [1.54, 1.807) is 7.05 Å². The third kappa shape index (κ3) is 16.6. The summed E-state index contributed by atoms with van der Waals surface area (Å²) >= 11 is 1.28. The van der Waals surface area contributed by atoms with Crippen molar-refractivity contribution in [2.24, 2.45) is 0 Å². The molecule has 30 heavy (non-hydrogen) atoms. The van der Waals surface area contributed by atoms with Crippen LogP contribution in [0, 0.1) is 0 Å². The topological polar surface area (TPSA) is 68.3 Å². The Morgan fingerprint density at radius 3 is 2.37 bits per heavy atom. The first-order valence-electron chi connectivity index (χ1n) is 10.2. The van der Waals surface area contributed by atoms with Crippen LogP contribution in [-0.2, 0) is 22.4 Å². The van der Waals surface area contributed by atoms with Crippen molar-refractivity contribution in [2.45, 2.75) is 53.9 Å². The van der Waals surface area contributed by atoms with Crippen LogP contribution in [0.5, 0.6) is 0 Å². The average molecular weight is 435 g/mol. The maximum Gasteiger partial charge on any atom is 0.278 e. The Morgan fingerprint density at radius 2 is 1.93 bits per heavy atom. The fourth-order valence-electron chi connectivity index (χ4n) is 1.95. The van der Waals surface area contributed by atoms with Gasteiger partial charge in [-0.3, -0.25) is 9.78 Å². The van der Waals surface area contributed by atoms with E-state index in [4.69, 9.17) is 9.53 Å². The number of aryl methyl sites for hydroxylation is 1. The second-order valence-electron chi connectivity index (χ2n) is 6.02. The number of hydrogen-bond donors (Lipinski definition) is 1. The zero-order valence-corrected chi connectivity index (χ0v) is 20.2. The summed E-state index contributed by atoms with van der Waals surface area (Å²) in [7, 11) is 1.63. The molecule has 1 rings (SSSR count). The number of aromatic nitrogens is 1. The molecule has 0 spiro atoms.